The predicted molar refractivity (Wildman–Crippen MR) is 65.4 cm³/mol. The second-order valence-corrected chi connectivity index (χ2v) is 3.74. The van der Waals surface area contributed by atoms with Crippen molar-refractivity contribution in [2.24, 2.45) is 0 Å². The topological polar surface area (TPSA) is 73.1 Å². The Kier molecular flexibility index (Phi) is 5.56. The van der Waals surface area contributed by atoms with Gasteiger partial charge in [-0.15, -0.1) is 0 Å². The number of rotatable bonds is 7. The molecule has 3 N–H and O–H groups in total. The van der Waals surface area contributed by atoms with Crippen molar-refractivity contribution in [3.8, 4) is 0 Å². The van der Waals surface area contributed by atoms with Crippen LogP contribution in [0.5, 0.6) is 0 Å². The Morgan fingerprint density at radius 2 is 2.19 bits per heavy atom. The molecule has 16 heavy (non-hydrogen) atoms. The van der Waals surface area contributed by atoms with Gasteiger partial charge in [-0.05, 0) is 26.2 Å². The molecular formula is C11H20N4O. The fraction of sp³-hybridized carbons (Fsp3) is 0.636. The highest BCUT2D eigenvalue weighted by molar-refractivity contribution is 5.44. The maximum Gasteiger partial charge on any atom is 0.221 e. The summed E-state index contributed by atoms with van der Waals surface area (Å²) in [7, 11) is 1.73. The molecule has 0 unspecified atom stereocenters. The molecule has 0 radical (unpaired) electrons. The zero-order chi connectivity index (χ0) is 11.8. The lowest BCUT2D eigenvalue weighted by Crippen LogP contribution is -2.07. The van der Waals surface area contributed by atoms with Crippen LogP contribution in [0.1, 0.15) is 24.8 Å². The van der Waals surface area contributed by atoms with Crippen molar-refractivity contribution in [2.75, 3.05) is 31.3 Å². The van der Waals surface area contributed by atoms with E-state index in [0.29, 0.717) is 5.95 Å². The smallest absolute Gasteiger partial charge is 0.221 e. The Morgan fingerprint density at radius 3 is 2.94 bits per heavy atom. The van der Waals surface area contributed by atoms with E-state index in [1.807, 2.05) is 6.92 Å². The minimum Gasteiger partial charge on any atom is -0.385 e. The van der Waals surface area contributed by atoms with Crippen LogP contribution in [0.3, 0.4) is 0 Å². The van der Waals surface area contributed by atoms with Gasteiger partial charge in [-0.2, -0.15) is 4.98 Å². The van der Waals surface area contributed by atoms with Crippen LogP contribution in [-0.2, 0) is 4.74 Å². The van der Waals surface area contributed by atoms with E-state index in [0.717, 1.165) is 43.8 Å². The predicted octanol–water partition coefficient (Wildman–Crippen LogP) is 1.60. The van der Waals surface area contributed by atoms with Crippen LogP contribution < -0.4 is 11.1 Å². The highest BCUT2D eigenvalue weighted by Gasteiger charge is 2.00. The van der Waals surface area contributed by atoms with Crippen LogP contribution in [-0.4, -0.2) is 30.2 Å². The molecular weight excluding hydrogens is 204 g/mol. The van der Waals surface area contributed by atoms with E-state index in [4.69, 9.17) is 10.5 Å². The van der Waals surface area contributed by atoms with Gasteiger partial charge < -0.3 is 15.8 Å². The molecule has 0 fully saturated rings. The highest BCUT2D eigenvalue weighted by atomic mass is 16.5. The molecule has 5 nitrogen and oxygen atoms in total. The Balaban J connectivity index is 2.23. The molecule has 1 heterocycles. The number of hydrogen-bond donors (Lipinski definition) is 2. The number of anilines is 2. The Labute approximate surface area is 96.4 Å². The molecule has 0 saturated heterocycles. The first kappa shape index (κ1) is 12.7. The Morgan fingerprint density at radius 1 is 1.38 bits per heavy atom. The van der Waals surface area contributed by atoms with Crippen molar-refractivity contribution in [3.63, 3.8) is 0 Å². The van der Waals surface area contributed by atoms with Crippen LogP contribution in [0.15, 0.2) is 6.20 Å². The molecule has 0 atom stereocenters. The van der Waals surface area contributed by atoms with Gasteiger partial charge in [0.05, 0.1) is 0 Å². The molecule has 1 aromatic heterocycles. The lowest BCUT2D eigenvalue weighted by Gasteiger charge is -2.08. The van der Waals surface area contributed by atoms with E-state index in [2.05, 4.69) is 15.3 Å². The van der Waals surface area contributed by atoms with E-state index in [1.54, 1.807) is 13.3 Å². The number of nitrogens with one attached hydrogen (secondary N) is 1. The average Bonchev–Trinajstić information content (AvgIpc) is 2.28. The van der Waals surface area contributed by atoms with Crippen LogP contribution in [0, 0.1) is 6.92 Å². The van der Waals surface area contributed by atoms with Gasteiger partial charge in [0, 0.05) is 32.0 Å². The van der Waals surface area contributed by atoms with Gasteiger partial charge >= 0.3 is 0 Å². The monoisotopic (exact) mass is 224 g/mol. The van der Waals surface area contributed by atoms with Crippen LogP contribution >= 0.6 is 0 Å². The first-order valence-electron chi connectivity index (χ1n) is 5.56. The fourth-order valence-electron chi connectivity index (χ4n) is 1.39. The SMILES string of the molecule is COCCCCCNc1nc(N)ncc1C. The summed E-state index contributed by atoms with van der Waals surface area (Å²) in [5.41, 5.74) is 6.54. The number of nitrogen functional groups attached to an aromatic ring is 1. The molecule has 1 aromatic rings. The number of nitrogens with two attached hydrogens (primary N) is 1. The highest BCUT2D eigenvalue weighted by Crippen LogP contribution is 2.10. The lowest BCUT2D eigenvalue weighted by molar-refractivity contribution is 0.192. The van der Waals surface area contributed by atoms with Crippen LogP contribution in [0.4, 0.5) is 11.8 Å². The zero-order valence-electron chi connectivity index (χ0n) is 9.99. The van der Waals surface area contributed by atoms with Gasteiger partial charge in [0.1, 0.15) is 5.82 Å². The molecule has 0 aromatic carbocycles. The summed E-state index contributed by atoms with van der Waals surface area (Å²) in [6.45, 7) is 3.70. The average molecular weight is 224 g/mol. The third kappa shape index (κ3) is 4.44. The van der Waals surface area contributed by atoms with Gasteiger partial charge in [-0.1, -0.05) is 0 Å². The van der Waals surface area contributed by atoms with Crippen molar-refractivity contribution in [1.82, 2.24) is 9.97 Å². The molecule has 0 saturated carbocycles. The summed E-state index contributed by atoms with van der Waals surface area (Å²) in [4.78, 5) is 8.06. The van der Waals surface area contributed by atoms with E-state index >= 15 is 0 Å². The van der Waals surface area contributed by atoms with E-state index in [1.165, 1.54) is 0 Å². The number of methoxy groups -OCH3 is 1. The Hall–Kier alpha value is -1.36. The molecule has 5 heteroatoms. The summed E-state index contributed by atoms with van der Waals surface area (Å²) < 4.78 is 4.98. The summed E-state index contributed by atoms with van der Waals surface area (Å²) in [6.07, 6.45) is 5.09. The van der Waals surface area contributed by atoms with E-state index in [-0.39, 0.29) is 0 Å². The zero-order valence-corrected chi connectivity index (χ0v) is 9.99. The molecule has 0 aliphatic rings. The number of aromatic nitrogens is 2. The summed E-state index contributed by atoms with van der Waals surface area (Å²) in [5, 5.41) is 3.26. The fourth-order valence-corrected chi connectivity index (χ4v) is 1.39. The maximum absolute atomic E-state index is 5.52. The van der Waals surface area contributed by atoms with Crippen molar-refractivity contribution in [3.05, 3.63) is 11.8 Å². The van der Waals surface area contributed by atoms with Crippen LogP contribution in [0.25, 0.3) is 0 Å². The second kappa shape index (κ2) is 7.00. The number of hydrogen-bond acceptors (Lipinski definition) is 5. The van der Waals surface area contributed by atoms with Gasteiger partial charge in [0.15, 0.2) is 0 Å². The second-order valence-electron chi connectivity index (χ2n) is 3.74. The minimum atomic E-state index is 0.312. The number of ether oxygens (including phenoxy) is 1. The molecule has 0 amide bonds. The quantitative estimate of drug-likeness (QED) is 0.688. The van der Waals surface area contributed by atoms with E-state index in [9.17, 15) is 0 Å². The number of nitrogens with zero attached hydrogens (tertiary/aromatic N) is 2. The molecule has 1 rings (SSSR count). The Bertz CT molecular complexity index is 317. The van der Waals surface area contributed by atoms with Crippen molar-refractivity contribution < 1.29 is 4.74 Å². The normalized spacial score (nSPS) is 10.4. The molecule has 0 aliphatic heterocycles. The molecule has 0 aliphatic carbocycles. The summed E-state index contributed by atoms with van der Waals surface area (Å²) in [5.74, 6) is 1.15. The van der Waals surface area contributed by atoms with Crippen molar-refractivity contribution in [2.45, 2.75) is 26.2 Å². The third-order valence-electron chi connectivity index (χ3n) is 2.31. The molecule has 90 valence electrons. The minimum absolute atomic E-state index is 0.312. The van der Waals surface area contributed by atoms with Crippen molar-refractivity contribution in [1.29, 1.82) is 0 Å². The standard InChI is InChI=1S/C11H20N4O/c1-9-8-14-11(12)15-10(9)13-6-4-3-5-7-16-2/h8H,3-7H2,1-2H3,(H3,12,13,14,15). The van der Waals surface area contributed by atoms with E-state index < -0.39 is 0 Å². The number of unbranched alkanes of at least 4 members (excludes halogenated alkanes) is 2. The molecule has 0 spiro atoms. The lowest BCUT2D eigenvalue weighted by atomic mass is 10.2. The largest absolute Gasteiger partial charge is 0.385 e. The molecule has 0 bridgehead atoms. The van der Waals surface area contributed by atoms with Crippen LogP contribution in [0.2, 0.25) is 0 Å². The summed E-state index contributed by atoms with van der Waals surface area (Å²) >= 11 is 0. The maximum atomic E-state index is 5.52. The van der Waals surface area contributed by atoms with Crippen molar-refractivity contribution >= 4 is 11.8 Å². The third-order valence-corrected chi connectivity index (χ3v) is 2.31. The van der Waals surface area contributed by atoms with Gasteiger partial charge in [-0.3, -0.25) is 0 Å². The first-order chi connectivity index (χ1) is 7.74. The van der Waals surface area contributed by atoms with Gasteiger partial charge in [-0.25, -0.2) is 4.98 Å². The van der Waals surface area contributed by atoms with Gasteiger partial charge in [0.2, 0.25) is 5.95 Å². The first-order valence-corrected chi connectivity index (χ1v) is 5.56. The van der Waals surface area contributed by atoms with Gasteiger partial charge in [0.25, 0.3) is 0 Å². The number of aryl methyl sites for hydroxylation is 1. The summed E-state index contributed by atoms with van der Waals surface area (Å²) in [6, 6.07) is 0.